The van der Waals surface area contributed by atoms with E-state index in [2.05, 4.69) is 38.9 Å². The first-order chi connectivity index (χ1) is 14.3. The Morgan fingerprint density at radius 1 is 1.00 bits per heavy atom. The number of anilines is 2. The first kappa shape index (κ1) is 17.4. The highest BCUT2D eigenvalue weighted by Crippen LogP contribution is 2.33. The lowest BCUT2D eigenvalue weighted by Gasteiger charge is -2.24. The second-order valence-electron chi connectivity index (χ2n) is 6.56. The van der Waals surface area contributed by atoms with Crippen molar-refractivity contribution in [3.8, 4) is 0 Å². The lowest BCUT2D eigenvalue weighted by atomic mass is 10.0. The van der Waals surface area contributed by atoms with Crippen molar-refractivity contribution in [3.63, 3.8) is 0 Å². The van der Waals surface area contributed by atoms with Crippen molar-refractivity contribution in [2.75, 3.05) is 10.6 Å². The Hall–Kier alpha value is -3.71. The van der Waals surface area contributed by atoms with Gasteiger partial charge in [0.05, 0.1) is 4.88 Å². The molecule has 4 aromatic rings. The number of carbonyl (C=O) groups excluding carboxylic acids is 1. The lowest BCUT2D eigenvalue weighted by molar-refractivity contribution is 0.102. The standard InChI is InChI=1S/C22H17N5OS/c28-20(19-12-7-13-29-19)24-21-25-22-23-17(15-8-3-1-4-9-15)14-18(27(22)26-21)16-10-5-2-6-11-16/h1-14,18H,(H2,23,24,25,26,28)/t18-/m0/s1. The summed E-state index contributed by atoms with van der Waals surface area (Å²) < 4.78 is 1.80. The number of hydrogen-bond acceptors (Lipinski definition) is 5. The van der Waals surface area contributed by atoms with Crippen LogP contribution in [0.25, 0.3) is 5.70 Å². The van der Waals surface area contributed by atoms with Gasteiger partial charge in [-0.15, -0.1) is 16.4 Å². The Morgan fingerprint density at radius 3 is 2.48 bits per heavy atom. The number of nitrogens with one attached hydrogen (secondary N) is 2. The van der Waals surface area contributed by atoms with E-state index < -0.39 is 0 Å². The fourth-order valence-corrected chi connectivity index (χ4v) is 3.91. The summed E-state index contributed by atoms with van der Waals surface area (Å²) in [6.45, 7) is 0. The summed E-state index contributed by atoms with van der Waals surface area (Å²) in [7, 11) is 0. The van der Waals surface area contributed by atoms with Gasteiger partial charge in [0.2, 0.25) is 5.95 Å². The SMILES string of the molecule is O=C(Nc1nc2n(n1)[C@H](c1ccccc1)C=C(c1ccccc1)N2)c1cccs1. The average Bonchev–Trinajstić information content (AvgIpc) is 3.44. The molecule has 2 aromatic carbocycles. The van der Waals surface area contributed by atoms with E-state index in [-0.39, 0.29) is 17.9 Å². The number of aromatic nitrogens is 3. The molecule has 29 heavy (non-hydrogen) atoms. The predicted octanol–water partition coefficient (Wildman–Crippen LogP) is 4.65. The Bertz CT molecular complexity index is 1170. The van der Waals surface area contributed by atoms with E-state index in [9.17, 15) is 4.79 Å². The van der Waals surface area contributed by atoms with Crippen molar-refractivity contribution >= 4 is 34.8 Å². The third-order valence-corrected chi connectivity index (χ3v) is 5.53. The summed E-state index contributed by atoms with van der Waals surface area (Å²) >= 11 is 1.38. The average molecular weight is 399 g/mol. The molecular formula is C22H17N5OS. The fourth-order valence-electron chi connectivity index (χ4n) is 3.29. The van der Waals surface area contributed by atoms with Crippen molar-refractivity contribution in [2.24, 2.45) is 0 Å². The Morgan fingerprint density at radius 2 is 1.76 bits per heavy atom. The molecule has 1 aliphatic rings. The van der Waals surface area contributed by atoms with E-state index >= 15 is 0 Å². The highest BCUT2D eigenvalue weighted by atomic mass is 32.1. The molecule has 0 saturated heterocycles. The molecule has 0 radical (unpaired) electrons. The molecule has 0 bridgehead atoms. The Labute approximate surface area is 171 Å². The Balaban J connectivity index is 1.52. The molecule has 3 heterocycles. The largest absolute Gasteiger partial charge is 0.324 e. The molecule has 5 rings (SSSR count). The molecule has 7 heteroatoms. The molecule has 1 atom stereocenters. The minimum absolute atomic E-state index is 0.137. The van der Waals surface area contributed by atoms with Gasteiger partial charge in [-0.1, -0.05) is 66.7 Å². The summed E-state index contributed by atoms with van der Waals surface area (Å²) in [5, 5.41) is 12.6. The van der Waals surface area contributed by atoms with Crippen LogP contribution in [-0.2, 0) is 0 Å². The Kier molecular flexibility index (Phi) is 4.42. The van der Waals surface area contributed by atoms with Crippen LogP contribution in [0.4, 0.5) is 11.9 Å². The zero-order chi connectivity index (χ0) is 19.6. The first-order valence-electron chi connectivity index (χ1n) is 9.18. The number of rotatable bonds is 4. The van der Waals surface area contributed by atoms with Crippen molar-refractivity contribution in [3.05, 3.63) is 100 Å². The molecule has 0 aliphatic carbocycles. The number of thiophene rings is 1. The molecule has 0 unspecified atom stereocenters. The van der Waals surface area contributed by atoms with Crippen molar-refractivity contribution in [2.45, 2.75) is 6.04 Å². The van der Waals surface area contributed by atoms with Crippen LogP contribution in [-0.4, -0.2) is 20.7 Å². The van der Waals surface area contributed by atoms with E-state index in [0.717, 1.165) is 16.8 Å². The zero-order valence-electron chi connectivity index (χ0n) is 15.3. The van der Waals surface area contributed by atoms with Gasteiger partial charge in [-0.05, 0) is 28.6 Å². The van der Waals surface area contributed by atoms with E-state index in [1.54, 1.807) is 10.7 Å². The number of benzene rings is 2. The van der Waals surface area contributed by atoms with Gasteiger partial charge < -0.3 is 5.32 Å². The van der Waals surface area contributed by atoms with Crippen LogP contribution in [0, 0.1) is 0 Å². The second-order valence-corrected chi connectivity index (χ2v) is 7.51. The van der Waals surface area contributed by atoms with E-state index in [1.165, 1.54) is 11.3 Å². The monoisotopic (exact) mass is 399 g/mol. The third-order valence-electron chi connectivity index (χ3n) is 4.66. The van der Waals surface area contributed by atoms with Crippen molar-refractivity contribution in [1.29, 1.82) is 0 Å². The molecular weight excluding hydrogens is 382 g/mol. The van der Waals surface area contributed by atoms with Crippen LogP contribution >= 0.6 is 11.3 Å². The van der Waals surface area contributed by atoms with Gasteiger partial charge in [-0.2, -0.15) is 4.98 Å². The molecule has 142 valence electrons. The maximum atomic E-state index is 12.4. The smallest absolute Gasteiger partial charge is 0.268 e. The summed E-state index contributed by atoms with van der Waals surface area (Å²) in [6, 6.07) is 23.7. The summed E-state index contributed by atoms with van der Waals surface area (Å²) in [4.78, 5) is 17.5. The van der Waals surface area contributed by atoms with Gasteiger partial charge in [0.25, 0.3) is 11.9 Å². The van der Waals surface area contributed by atoms with Crippen molar-refractivity contribution in [1.82, 2.24) is 14.8 Å². The van der Waals surface area contributed by atoms with Crippen LogP contribution in [0.5, 0.6) is 0 Å². The molecule has 2 N–H and O–H groups in total. The molecule has 1 aliphatic heterocycles. The normalized spacial score (nSPS) is 15.2. The molecule has 2 aromatic heterocycles. The predicted molar refractivity (Wildman–Crippen MR) is 115 cm³/mol. The number of hydrogen-bond donors (Lipinski definition) is 2. The number of carbonyl (C=O) groups is 1. The van der Waals surface area contributed by atoms with Gasteiger partial charge in [0.15, 0.2) is 0 Å². The molecule has 0 spiro atoms. The maximum absolute atomic E-state index is 12.4. The van der Waals surface area contributed by atoms with Crippen LogP contribution in [0.3, 0.4) is 0 Å². The van der Waals surface area contributed by atoms with Crippen LogP contribution in [0.2, 0.25) is 0 Å². The number of allylic oxidation sites excluding steroid dienone is 1. The van der Waals surface area contributed by atoms with Gasteiger partial charge in [-0.25, -0.2) is 4.68 Å². The number of amides is 1. The highest BCUT2D eigenvalue weighted by molar-refractivity contribution is 7.12. The highest BCUT2D eigenvalue weighted by Gasteiger charge is 2.25. The van der Waals surface area contributed by atoms with Crippen LogP contribution in [0.1, 0.15) is 26.8 Å². The third kappa shape index (κ3) is 3.43. The minimum atomic E-state index is -0.213. The lowest BCUT2D eigenvalue weighted by Crippen LogP contribution is -2.20. The zero-order valence-corrected chi connectivity index (χ0v) is 16.1. The second kappa shape index (κ2) is 7.37. The van der Waals surface area contributed by atoms with E-state index in [0.29, 0.717) is 10.8 Å². The van der Waals surface area contributed by atoms with Crippen molar-refractivity contribution < 1.29 is 4.79 Å². The molecule has 0 saturated carbocycles. The fraction of sp³-hybridized carbons (Fsp3) is 0.0455. The number of nitrogens with zero attached hydrogens (tertiary/aromatic N) is 3. The van der Waals surface area contributed by atoms with Crippen LogP contribution < -0.4 is 10.6 Å². The number of fused-ring (bicyclic) bond motifs is 1. The summed E-state index contributed by atoms with van der Waals surface area (Å²) in [5.41, 5.74) is 3.10. The van der Waals surface area contributed by atoms with Gasteiger partial charge in [-0.3, -0.25) is 10.1 Å². The first-order valence-corrected chi connectivity index (χ1v) is 10.1. The quantitative estimate of drug-likeness (QED) is 0.524. The molecule has 0 fully saturated rings. The topological polar surface area (TPSA) is 71.8 Å². The van der Waals surface area contributed by atoms with Gasteiger partial charge in [0, 0.05) is 5.70 Å². The minimum Gasteiger partial charge on any atom is -0.324 e. The van der Waals surface area contributed by atoms with Gasteiger partial charge >= 0.3 is 0 Å². The van der Waals surface area contributed by atoms with E-state index in [4.69, 9.17) is 0 Å². The molecule has 1 amide bonds. The summed E-state index contributed by atoms with van der Waals surface area (Å²) in [5.74, 6) is 0.645. The van der Waals surface area contributed by atoms with Crippen LogP contribution in [0.15, 0.2) is 84.3 Å². The molecule has 6 nitrogen and oxygen atoms in total. The van der Waals surface area contributed by atoms with Gasteiger partial charge in [0.1, 0.15) is 6.04 Å². The summed E-state index contributed by atoms with van der Waals surface area (Å²) in [6.07, 6.45) is 2.12. The van der Waals surface area contributed by atoms with E-state index in [1.807, 2.05) is 60.0 Å². The maximum Gasteiger partial charge on any atom is 0.268 e.